The third kappa shape index (κ3) is 6.26. The SMILES string of the molecule is CCOc1cc(CNCCN(C)C)ccc1OC(C)C. The second-order valence-electron chi connectivity index (χ2n) is 5.36. The summed E-state index contributed by atoms with van der Waals surface area (Å²) < 4.78 is 11.4. The number of hydrogen-bond acceptors (Lipinski definition) is 4. The van der Waals surface area contributed by atoms with E-state index in [0.717, 1.165) is 31.1 Å². The summed E-state index contributed by atoms with van der Waals surface area (Å²) >= 11 is 0. The molecule has 20 heavy (non-hydrogen) atoms. The van der Waals surface area contributed by atoms with Crippen LogP contribution in [0.15, 0.2) is 18.2 Å². The topological polar surface area (TPSA) is 33.7 Å². The molecule has 1 rings (SSSR count). The quantitative estimate of drug-likeness (QED) is 0.705. The summed E-state index contributed by atoms with van der Waals surface area (Å²) in [5.74, 6) is 1.65. The molecule has 0 radical (unpaired) electrons. The van der Waals surface area contributed by atoms with Crippen LogP contribution in [0, 0.1) is 0 Å². The number of benzene rings is 1. The van der Waals surface area contributed by atoms with Gasteiger partial charge in [0.25, 0.3) is 0 Å². The number of ether oxygens (including phenoxy) is 2. The van der Waals surface area contributed by atoms with Crippen LogP contribution in [0.1, 0.15) is 26.3 Å². The van der Waals surface area contributed by atoms with Gasteiger partial charge in [-0.25, -0.2) is 0 Å². The van der Waals surface area contributed by atoms with Crippen LogP contribution in [-0.2, 0) is 6.54 Å². The minimum absolute atomic E-state index is 0.151. The highest BCUT2D eigenvalue weighted by atomic mass is 16.5. The Labute approximate surface area is 123 Å². The second-order valence-corrected chi connectivity index (χ2v) is 5.36. The molecular formula is C16H28N2O2. The number of rotatable bonds is 9. The van der Waals surface area contributed by atoms with Crippen molar-refractivity contribution in [3.05, 3.63) is 23.8 Å². The molecular weight excluding hydrogens is 252 g/mol. The van der Waals surface area contributed by atoms with Crippen LogP contribution in [0.4, 0.5) is 0 Å². The lowest BCUT2D eigenvalue weighted by Gasteiger charge is -2.16. The molecule has 0 aliphatic carbocycles. The Balaban J connectivity index is 2.62. The molecule has 1 N–H and O–H groups in total. The Hall–Kier alpha value is -1.26. The molecule has 0 saturated carbocycles. The Morgan fingerprint density at radius 1 is 1.20 bits per heavy atom. The lowest BCUT2D eigenvalue weighted by atomic mass is 10.2. The van der Waals surface area contributed by atoms with E-state index in [1.54, 1.807) is 0 Å². The van der Waals surface area contributed by atoms with E-state index in [1.807, 2.05) is 26.8 Å². The maximum atomic E-state index is 5.76. The van der Waals surface area contributed by atoms with E-state index in [9.17, 15) is 0 Å². The van der Waals surface area contributed by atoms with E-state index in [1.165, 1.54) is 5.56 Å². The largest absolute Gasteiger partial charge is 0.490 e. The Morgan fingerprint density at radius 3 is 2.55 bits per heavy atom. The molecule has 0 atom stereocenters. The van der Waals surface area contributed by atoms with Gasteiger partial charge in [-0.05, 0) is 52.6 Å². The average molecular weight is 280 g/mol. The van der Waals surface area contributed by atoms with Gasteiger partial charge in [0.2, 0.25) is 0 Å². The first-order valence-electron chi connectivity index (χ1n) is 7.30. The van der Waals surface area contributed by atoms with Crippen molar-refractivity contribution in [2.75, 3.05) is 33.8 Å². The van der Waals surface area contributed by atoms with Gasteiger partial charge in [-0.3, -0.25) is 0 Å². The monoisotopic (exact) mass is 280 g/mol. The summed E-state index contributed by atoms with van der Waals surface area (Å²) in [6.45, 7) is 9.52. The van der Waals surface area contributed by atoms with Gasteiger partial charge in [0.15, 0.2) is 11.5 Å². The summed E-state index contributed by atoms with van der Waals surface area (Å²) in [6.07, 6.45) is 0.151. The molecule has 4 nitrogen and oxygen atoms in total. The fourth-order valence-electron chi connectivity index (χ4n) is 1.82. The molecule has 0 aliphatic heterocycles. The van der Waals surface area contributed by atoms with Gasteiger partial charge in [-0.2, -0.15) is 0 Å². The highest BCUT2D eigenvalue weighted by Gasteiger charge is 2.08. The van der Waals surface area contributed by atoms with Crippen LogP contribution in [0.25, 0.3) is 0 Å². The summed E-state index contributed by atoms with van der Waals surface area (Å²) in [6, 6.07) is 6.14. The van der Waals surface area contributed by atoms with E-state index < -0.39 is 0 Å². The Bertz CT molecular complexity index is 392. The molecule has 0 spiro atoms. The van der Waals surface area contributed by atoms with Gasteiger partial charge < -0.3 is 19.7 Å². The standard InChI is InChI=1S/C16H28N2O2/c1-6-19-16-11-14(12-17-9-10-18(4)5)7-8-15(16)20-13(2)3/h7-8,11,13,17H,6,9-10,12H2,1-5H3. The Morgan fingerprint density at radius 2 is 1.95 bits per heavy atom. The van der Waals surface area contributed by atoms with Crippen LogP contribution in [0.3, 0.4) is 0 Å². The number of nitrogens with one attached hydrogen (secondary N) is 1. The van der Waals surface area contributed by atoms with Gasteiger partial charge in [-0.1, -0.05) is 6.07 Å². The Kier molecular flexibility index (Phi) is 7.41. The first-order chi connectivity index (χ1) is 9.52. The minimum Gasteiger partial charge on any atom is -0.490 e. The molecule has 0 aliphatic rings. The van der Waals surface area contributed by atoms with Crippen LogP contribution in [0.2, 0.25) is 0 Å². The zero-order valence-corrected chi connectivity index (χ0v) is 13.4. The molecule has 0 fully saturated rings. The lowest BCUT2D eigenvalue weighted by Crippen LogP contribution is -2.26. The summed E-state index contributed by atoms with van der Waals surface area (Å²) in [7, 11) is 4.15. The van der Waals surface area contributed by atoms with Crippen molar-refractivity contribution in [2.24, 2.45) is 0 Å². The first kappa shape index (κ1) is 16.8. The van der Waals surface area contributed by atoms with Crippen molar-refractivity contribution >= 4 is 0 Å². The summed E-state index contributed by atoms with van der Waals surface area (Å²) in [4.78, 5) is 2.16. The van der Waals surface area contributed by atoms with E-state index in [-0.39, 0.29) is 6.10 Å². The van der Waals surface area contributed by atoms with E-state index >= 15 is 0 Å². The molecule has 4 heteroatoms. The number of hydrogen-bond donors (Lipinski definition) is 1. The van der Waals surface area contributed by atoms with E-state index in [4.69, 9.17) is 9.47 Å². The van der Waals surface area contributed by atoms with Gasteiger partial charge in [-0.15, -0.1) is 0 Å². The van der Waals surface area contributed by atoms with Gasteiger partial charge >= 0.3 is 0 Å². The molecule has 0 aromatic heterocycles. The van der Waals surface area contributed by atoms with Gasteiger partial charge in [0.05, 0.1) is 12.7 Å². The van der Waals surface area contributed by atoms with Crippen molar-refractivity contribution in [1.82, 2.24) is 10.2 Å². The van der Waals surface area contributed by atoms with Gasteiger partial charge in [0.1, 0.15) is 0 Å². The average Bonchev–Trinajstić information content (AvgIpc) is 2.37. The zero-order valence-electron chi connectivity index (χ0n) is 13.4. The van der Waals surface area contributed by atoms with Crippen molar-refractivity contribution < 1.29 is 9.47 Å². The van der Waals surface area contributed by atoms with Crippen molar-refractivity contribution in [3.8, 4) is 11.5 Å². The molecule has 0 bridgehead atoms. The molecule has 114 valence electrons. The van der Waals surface area contributed by atoms with Crippen molar-refractivity contribution in [1.29, 1.82) is 0 Å². The fourth-order valence-corrected chi connectivity index (χ4v) is 1.82. The van der Waals surface area contributed by atoms with Crippen LogP contribution >= 0.6 is 0 Å². The maximum Gasteiger partial charge on any atom is 0.161 e. The molecule has 0 unspecified atom stereocenters. The van der Waals surface area contributed by atoms with Gasteiger partial charge in [0, 0.05) is 19.6 Å². The van der Waals surface area contributed by atoms with Crippen LogP contribution in [-0.4, -0.2) is 44.8 Å². The zero-order chi connectivity index (χ0) is 15.0. The normalized spacial score (nSPS) is 11.2. The van der Waals surface area contributed by atoms with Crippen LogP contribution < -0.4 is 14.8 Å². The molecule has 1 aromatic rings. The highest BCUT2D eigenvalue weighted by Crippen LogP contribution is 2.29. The summed E-state index contributed by atoms with van der Waals surface area (Å²) in [5.41, 5.74) is 1.21. The highest BCUT2D eigenvalue weighted by molar-refractivity contribution is 5.43. The molecule has 0 saturated heterocycles. The summed E-state index contributed by atoms with van der Waals surface area (Å²) in [5, 5.41) is 3.42. The van der Waals surface area contributed by atoms with Crippen LogP contribution in [0.5, 0.6) is 11.5 Å². The maximum absolute atomic E-state index is 5.76. The first-order valence-corrected chi connectivity index (χ1v) is 7.30. The number of likely N-dealkylation sites (N-methyl/N-ethyl adjacent to an activating group) is 1. The lowest BCUT2D eigenvalue weighted by molar-refractivity contribution is 0.223. The molecule has 0 heterocycles. The predicted octanol–water partition coefficient (Wildman–Crippen LogP) is 2.52. The molecule has 1 aromatic carbocycles. The number of nitrogens with zero attached hydrogens (tertiary/aromatic N) is 1. The third-order valence-electron chi connectivity index (χ3n) is 2.74. The van der Waals surface area contributed by atoms with E-state index in [2.05, 4.69) is 36.4 Å². The third-order valence-corrected chi connectivity index (χ3v) is 2.74. The van der Waals surface area contributed by atoms with Crippen molar-refractivity contribution in [3.63, 3.8) is 0 Å². The van der Waals surface area contributed by atoms with Crippen molar-refractivity contribution in [2.45, 2.75) is 33.4 Å². The smallest absolute Gasteiger partial charge is 0.161 e. The molecule has 0 amide bonds. The second kappa shape index (κ2) is 8.82. The fraction of sp³-hybridized carbons (Fsp3) is 0.625. The predicted molar refractivity (Wildman–Crippen MR) is 83.6 cm³/mol. The van der Waals surface area contributed by atoms with E-state index in [0.29, 0.717) is 6.61 Å². The minimum atomic E-state index is 0.151.